The van der Waals surface area contributed by atoms with Gasteiger partial charge in [0, 0.05) is 17.8 Å². The first-order valence-electron chi connectivity index (χ1n) is 6.14. The number of hydrogen-bond acceptors (Lipinski definition) is 3. The number of nitrogen functional groups attached to an aromatic ring is 1. The van der Waals surface area contributed by atoms with Gasteiger partial charge < -0.3 is 10.3 Å². The Morgan fingerprint density at radius 2 is 2.00 bits per heavy atom. The molecule has 0 unspecified atom stereocenters. The molecule has 0 radical (unpaired) electrons. The minimum absolute atomic E-state index is 0.0397. The summed E-state index contributed by atoms with van der Waals surface area (Å²) in [4.78, 5) is 0. The molecule has 0 amide bonds. The van der Waals surface area contributed by atoms with Gasteiger partial charge in [-0.3, -0.25) is 0 Å². The topological polar surface area (TPSA) is 56.7 Å². The minimum atomic E-state index is -4.40. The highest BCUT2D eigenvalue weighted by Gasteiger charge is 2.31. The molecular formula is C13H15F3N4. The van der Waals surface area contributed by atoms with Crippen LogP contribution in [0.4, 0.5) is 18.9 Å². The summed E-state index contributed by atoms with van der Waals surface area (Å²) in [5, 5.41) is 7.74. The lowest BCUT2D eigenvalue weighted by Crippen LogP contribution is -2.08. The third-order valence-corrected chi connectivity index (χ3v) is 2.80. The van der Waals surface area contributed by atoms with Crippen molar-refractivity contribution < 1.29 is 13.2 Å². The van der Waals surface area contributed by atoms with Gasteiger partial charge in [0.25, 0.3) is 0 Å². The second-order valence-corrected chi connectivity index (χ2v) is 5.00. The summed E-state index contributed by atoms with van der Waals surface area (Å²) in [6, 6.07) is 3.25. The Kier molecular flexibility index (Phi) is 3.69. The Morgan fingerprint density at radius 1 is 1.30 bits per heavy atom. The molecule has 0 aliphatic carbocycles. The fourth-order valence-electron chi connectivity index (χ4n) is 1.93. The average Bonchev–Trinajstić information content (AvgIpc) is 2.74. The smallest absolute Gasteiger partial charge is 0.398 e. The largest absolute Gasteiger partial charge is 0.416 e. The number of anilines is 1. The number of nitrogens with two attached hydrogens (primary N) is 1. The van der Waals surface area contributed by atoms with Crippen molar-refractivity contribution in [1.29, 1.82) is 0 Å². The molecular weight excluding hydrogens is 269 g/mol. The summed E-state index contributed by atoms with van der Waals surface area (Å²) >= 11 is 0. The minimum Gasteiger partial charge on any atom is -0.398 e. The number of hydrogen-bond donors (Lipinski definition) is 1. The molecule has 0 fully saturated rings. The Bertz CT molecular complexity index is 602. The summed E-state index contributed by atoms with van der Waals surface area (Å²) in [7, 11) is 0. The Balaban J connectivity index is 2.42. The van der Waals surface area contributed by atoms with Crippen LogP contribution in [0.5, 0.6) is 0 Å². The van der Waals surface area contributed by atoms with Crippen LogP contribution in [-0.4, -0.2) is 14.8 Å². The molecule has 0 saturated carbocycles. The van der Waals surface area contributed by atoms with Crippen molar-refractivity contribution in [3.05, 3.63) is 30.1 Å². The first kappa shape index (κ1) is 14.4. The van der Waals surface area contributed by atoms with Gasteiger partial charge in [-0.1, -0.05) is 13.8 Å². The molecule has 1 aromatic heterocycles. The zero-order valence-electron chi connectivity index (χ0n) is 11.1. The lowest BCUT2D eigenvalue weighted by Gasteiger charge is -2.12. The van der Waals surface area contributed by atoms with Crippen LogP contribution in [0.15, 0.2) is 24.5 Å². The molecule has 2 rings (SSSR count). The van der Waals surface area contributed by atoms with Crippen LogP contribution in [0.3, 0.4) is 0 Å². The third kappa shape index (κ3) is 2.92. The molecule has 0 bridgehead atoms. The van der Waals surface area contributed by atoms with Crippen molar-refractivity contribution in [3.8, 4) is 11.4 Å². The van der Waals surface area contributed by atoms with Gasteiger partial charge in [-0.05, 0) is 24.1 Å². The summed E-state index contributed by atoms with van der Waals surface area (Å²) in [5.74, 6) is 0.838. The zero-order chi connectivity index (χ0) is 14.9. The first-order valence-corrected chi connectivity index (χ1v) is 6.14. The SMILES string of the molecule is CC(C)Cn1cnnc1-c1ccc(C(F)(F)F)cc1N. The molecule has 0 saturated heterocycles. The Morgan fingerprint density at radius 3 is 2.55 bits per heavy atom. The highest BCUT2D eigenvalue weighted by molar-refractivity contribution is 5.72. The van der Waals surface area contributed by atoms with Crippen LogP contribution < -0.4 is 5.73 Å². The molecule has 4 nitrogen and oxygen atoms in total. The Hall–Kier alpha value is -2.05. The maximum Gasteiger partial charge on any atom is 0.416 e. The normalized spacial score (nSPS) is 12.1. The molecule has 0 spiro atoms. The number of benzene rings is 1. The van der Waals surface area contributed by atoms with Crippen molar-refractivity contribution in [2.75, 3.05) is 5.73 Å². The predicted octanol–water partition coefficient (Wildman–Crippen LogP) is 3.20. The highest BCUT2D eigenvalue weighted by atomic mass is 19.4. The van der Waals surface area contributed by atoms with E-state index in [-0.39, 0.29) is 5.69 Å². The van der Waals surface area contributed by atoms with E-state index in [0.29, 0.717) is 23.9 Å². The fourth-order valence-corrected chi connectivity index (χ4v) is 1.93. The van der Waals surface area contributed by atoms with Crippen LogP contribution >= 0.6 is 0 Å². The van der Waals surface area contributed by atoms with Gasteiger partial charge in [-0.2, -0.15) is 13.2 Å². The van der Waals surface area contributed by atoms with Gasteiger partial charge in [0.05, 0.1) is 5.56 Å². The summed E-state index contributed by atoms with van der Waals surface area (Å²) in [5.41, 5.74) is 5.45. The number of aromatic nitrogens is 3. The van der Waals surface area contributed by atoms with E-state index < -0.39 is 11.7 Å². The zero-order valence-corrected chi connectivity index (χ0v) is 11.1. The van der Waals surface area contributed by atoms with Gasteiger partial charge >= 0.3 is 6.18 Å². The summed E-state index contributed by atoms with van der Waals surface area (Å²) in [6.07, 6.45) is -2.86. The van der Waals surface area contributed by atoms with E-state index in [4.69, 9.17) is 5.73 Å². The van der Waals surface area contributed by atoms with E-state index in [9.17, 15) is 13.2 Å². The molecule has 2 N–H and O–H groups in total. The second kappa shape index (κ2) is 5.15. The van der Waals surface area contributed by atoms with Crippen LogP contribution in [-0.2, 0) is 12.7 Å². The maximum absolute atomic E-state index is 12.6. The molecule has 0 atom stereocenters. The van der Waals surface area contributed by atoms with E-state index >= 15 is 0 Å². The number of halogens is 3. The van der Waals surface area contributed by atoms with Crippen LogP contribution in [0, 0.1) is 5.92 Å². The van der Waals surface area contributed by atoms with Crippen molar-refractivity contribution in [1.82, 2.24) is 14.8 Å². The van der Waals surface area contributed by atoms with E-state index in [1.54, 1.807) is 10.9 Å². The van der Waals surface area contributed by atoms with E-state index in [0.717, 1.165) is 12.1 Å². The van der Waals surface area contributed by atoms with Gasteiger partial charge in [0.1, 0.15) is 6.33 Å². The van der Waals surface area contributed by atoms with Crippen molar-refractivity contribution >= 4 is 5.69 Å². The molecule has 1 aromatic carbocycles. The second-order valence-electron chi connectivity index (χ2n) is 5.00. The van der Waals surface area contributed by atoms with Gasteiger partial charge in [0.2, 0.25) is 0 Å². The van der Waals surface area contributed by atoms with Crippen LogP contribution in [0.1, 0.15) is 19.4 Å². The molecule has 20 heavy (non-hydrogen) atoms. The molecule has 7 heteroatoms. The summed E-state index contributed by atoms with van der Waals surface area (Å²) < 4.78 is 39.6. The highest BCUT2D eigenvalue weighted by Crippen LogP contribution is 2.34. The molecule has 2 aromatic rings. The van der Waals surface area contributed by atoms with Gasteiger partial charge in [0.15, 0.2) is 5.82 Å². The quantitative estimate of drug-likeness (QED) is 0.880. The molecule has 0 aliphatic rings. The lowest BCUT2D eigenvalue weighted by molar-refractivity contribution is -0.137. The third-order valence-electron chi connectivity index (χ3n) is 2.80. The van der Waals surface area contributed by atoms with E-state index in [1.165, 1.54) is 6.07 Å². The number of nitrogens with zero attached hydrogens (tertiary/aromatic N) is 3. The molecule has 0 aliphatic heterocycles. The van der Waals surface area contributed by atoms with Gasteiger partial charge in [-0.15, -0.1) is 10.2 Å². The number of alkyl halides is 3. The van der Waals surface area contributed by atoms with Crippen LogP contribution in [0.2, 0.25) is 0 Å². The molecule has 1 heterocycles. The summed E-state index contributed by atoms with van der Waals surface area (Å²) in [6.45, 7) is 4.72. The first-order chi connectivity index (χ1) is 9.29. The van der Waals surface area contributed by atoms with Crippen molar-refractivity contribution in [2.45, 2.75) is 26.6 Å². The van der Waals surface area contributed by atoms with Crippen LogP contribution in [0.25, 0.3) is 11.4 Å². The fraction of sp³-hybridized carbons (Fsp3) is 0.385. The lowest BCUT2D eigenvalue weighted by atomic mass is 10.1. The molecule has 108 valence electrons. The number of rotatable bonds is 3. The van der Waals surface area contributed by atoms with E-state index in [2.05, 4.69) is 10.2 Å². The van der Waals surface area contributed by atoms with Crippen molar-refractivity contribution in [3.63, 3.8) is 0 Å². The monoisotopic (exact) mass is 284 g/mol. The average molecular weight is 284 g/mol. The van der Waals surface area contributed by atoms with Crippen molar-refractivity contribution in [2.24, 2.45) is 5.92 Å². The standard InChI is InChI=1S/C13H15F3N4/c1-8(2)6-20-7-18-19-12(20)10-4-3-9(5-11(10)17)13(14,15)16/h3-5,7-8H,6,17H2,1-2H3. The maximum atomic E-state index is 12.6. The predicted molar refractivity (Wildman–Crippen MR) is 69.7 cm³/mol. The van der Waals surface area contributed by atoms with Gasteiger partial charge in [-0.25, -0.2) is 0 Å². The Labute approximate surface area is 114 Å². The van der Waals surface area contributed by atoms with E-state index in [1.807, 2.05) is 13.8 Å².